The van der Waals surface area contributed by atoms with Crippen LogP contribution in [0.25, 0.3) is 0 Å². The van der Waals surface area contributed by atoms with Crippen LogP contribution in [0.15, 0.2) is 23.4 Å². The van der Waals surface area contributed by atoms with Crippen molar-refractivity contribution < 1.29 is 14.3 Å². The first kappa shape index (κ1) is 17.7. The number of carbonyl (C=O) groups is 2. The quantitative estimate of drug-likeness (QED) is 0.429. The summed E-state index contributed by atoms with van der Waals surface area (Å²) in [5, 5.41) is 8.70. The molecular weight excluding hydrogens is 338 g/mol. The van der Waals surface area contributed by atoms with Gasteiger partial charge < -0.3 is 9.30 Å². The summed E-state index contributed by atoms with van der Waals surface area (Å²) in [7, 11) is 1.79. The Morgan fingerprint density at radius 1 is 1.24 bits per heavy atom. The molecule has 0 spiro atoms. The number of ether oxygens (including phenoxy) is 1. The molecule has 0 saturated carbocycles. The third kappa shape index (κ3) is 4.10. The molecule has 3 rings (SSSR count). The second-order valence-corrected chi connectivity index (χ2v) is 6.93. The summed E-state index contributed by atoms with van der Waals surface area (Å²) in [4.78, 5) is 24.0. The van der Waals surface area contributed by atoms with Gasteiger partial charge in [0.2, 0.25) is 0 Å². The summed E-state index contributed by atoms with van der Waals surface area (Å²) < 4.78 is 6.66. The smallest absolute Gasteiger partial charge is 0.313 e. The number of esters is 1. The zero-order valence-electron chi connectivity index (χ0n) is 14.4. The molecule has 7 heteroatoms. The first-order valence-corrected chi connectivity index (χ1v) is 9.38. The Bertz CT molecular complexity index is 801. The molecule has 1 aromatic carbocycles. The van der Waals surface area contributed by atoms with Crippen LogP contribution in [-0.4, -0.2) is 38.9 Å². The van der Waals surface area contributed by atoms with Crippen LogP contribution in [0.1, 0.15) is 40.7 Å². The van der Waals surface area contributed by atoms with Gasteiger partial charge in [0.25, 0.3) is 0 Å². The number of hydrogen-bond donors (Lipinski definition) is 0. The highest BCUT2D eigenvalue weighted by Crippen LogP contribution is 2.24. The lowest BCUT2D eigenvalue weighted by atomic mass is 10.0. The third-order valence-electron chi connectivity index (χ3n) is 4.29. The number of thioether (sulfide) groups is 1. The lowest BCUT2D eigenvalue weighted by Gasteiger charge is -2.05. The van der Waals surface area contributed by atoms with Crippen molar-refractivity contribution in [3.8, 4) is 0 Å². The summed E-state index contributed by atoms with van der Waals surface area (Å²) in [6.07, 6.45) is 3.42. The lowest BCUT2D eigenvalue weighted by Crippen LogP contribution is -2.11. The first-order valence-electron chi connectivity index (χ1n) is 8.40. The Morgan fingerprint density at radius 2 is 2.04 bits per heavy atom. The van der Waals surface area contributed by atoms with Crippen molar-refractivity contribution in [2.75, 3.05) is 12.4 Å². The van der Waals surface area contributed by atoms with Gasteiger partial charge in [-0.3, -0.25) is 9.59 Å². The van der Waals surface area contributed by atoms with Crippen molar-refractivity contribution >= 4 is 23.5 Å². The maximum Gasteiger partial charge on any atom is 0.313 e. The van der Waals surface area contributed by atoms with Crippen LogP contribution in [0, 0.1) is 0 Å². The van der Waals surface area contributed by atoms with E-state index in [0.29, 0.717) is 23.3 Å². The number of Topliss-reactive ketones (excluding diaryl/α,β-unsaturated/α-hetero) is 1. The number of rotatable bonds is 7. The van der Waals surface area contributed by atoms with Gasteiger partial charge >= 0.3 is 5.97 Å². The molecule has 0 radical (unpaired) electrons. The lowest BCUT2D eigenvalue weighted by molar-refractivity contribution is -0.142. The molecule has 0 atom stereocenters. The normalized spacial score (nSPS) is 12.9. The number of hydrogen-bond acceptors (Lipinski definition) is 6. The van der Waals surface area contributed by atoms with Gasteiger partial charge in [-0.15, -0.1) is 10.2 Å². The Balaban J connectivity index is 1.61. The largest absolute Gasteiger partial charge is 0.466 e. The fourth-order valence-corrected chi connectivity index (χ4v) is 3.75. The highest BCUT2D eigenvalue weighted by atomic mass is 32.2. The molecule has 0 amide bonds. The Morgan fingerprint density at radius 3 is 2.84 bits per heavy atom. The fraction of sp³-hybridized carbons (Fsp3) is 0.444. The van der Waals surface area contributed by atoms with Crippen LogP contribution in [0.5, 0.6) is 0 Å². The molecule has 0 N–H and O–H groups in total. The molecule has 1 aliphatic carbocycles. The van der Waals surface area contributed by atoms with Crippen molar-refractivity contribution in [2.45, 2.75) is 37.8 Å². The van der Waals surface area contributed by atoms with Gasteiger partial charge in [-0.05, 0) is 43.4 Å². The average Bonchev–Trinajstić information content (AvgIpc) is 3.20. The van der Waals surface area contributed by atoms with Crippen molar-refractivity contribution in [3.05, 3.63) is 40.7 Å². The molecule has 0 fully saturated rings. The second kappa shape index (κ2) is 7.82. The predicted molar refractivity (Wildman–Crippen MR) is 94.9 cm³/mol. The molecule has 0 bridgehead atoms. The van der Waals surface area contributed by atoms with Crippen LogP contribution in [-0.2, 0) is 35.8 Å². The number of aromatic nitrogens is 3. The number of ketones is 1. The van der Waals surface area contributed by atoms with Gasteiger partial charge in [0.15, 0.2) is 10.9 Å². The summed E-state index contributed by atoms with van der Waals surface area (Å²) in [5.41, 5.74) is 3.41. The number of carbonyl (C=O) groups excluding carboxylic acids is 2. The van der Waals surface area contributed by atoms with Crippen LogP contribution in [0.4, 0.5) is 0 Å². The van der Waals surface area contributed by atoms with Gasteiger partial charge in [0, 0.05) is 12.6 Å². The van der Waals surface area contributed by atoms with Crippen molar-refractivity contribution in [1.82, 2.24) is 14.8 Å². The highest BCUT2D eigenvalue weighted by molar-refractivity contribution is 7.99. The maximum absolute atomic E-state index is 12.4. The van der Waals surface area contributed by atoms with E-state index in [1.165, 1.54) is 29.3 Å². The topological polar surface area (TPSA) is 74.1 Å². The van der Waals surface area contributed by atoms with Crippen LogP contribution < -0.4 is 0 Å². The van der Waals surface area contributed by atoms with Gasteiger partial charge in [-0.25, -0.2) is 0 Å². The number of nitrogens with zero attached hydrogens (tertiary/aromatic N) is 3. The Kier molecular flexibility index (Phi) is 5.53. The van der Waals surface area contributed by atoms with Crippen LogP contribution >= 0.6 is 11.8 Å². The van der Waals surface area contributed by atoms with Crippen LogP contribution in [0.3, 0.4) is 0 Å². The average molecular weight is 359 g/mol. The van der Waals surface area contributed by atoms with E-state index >= 15 is 0 Å². The van der Waals surface area contributed by atoms with E-state index < -0.39 is 0 Å². The third-order valence-corrected chi connectivity index (χ3v) is 5.31. The summed E-state index contributed by atoms with van der Waals surface area (Å²) in [5.74, 6) is 0.578. The molecular formula is C18H21N3O3S. The minimum absolute atomic E-state index is 0.0784. The zero-order chi connectivity index (χ0) is 17.8. The van der Waals surface area contributed by atoms with Gasteiger partial charge in [0.05, 0.1) is 12.4 Å². The van der Waals surface area contributed by atoms with E-state index in [1.807, 2.05) is 12.1 Å². The number of aryl methyl sites for hydroxylation is 2. The molecule has 2 aromatic rings. The molecule has 1 heterocycles. The van der Waals surface area contributed by atoms with Crippen molar-refractivity contribution in [1.29, 1.82) is 0 Å². The van der Waals surface area contributed by atoms with E-state index in [0.717, 1.165) is 18.4 Å². The van der Waals surface area contributed by atoms with Gasteiger partial charge in [0.1, 0.15) is 12.2 Å². The standard InChI is InChI=1S/C18H21N3O3S/c1-3-24-17(23)10-16-19-20-18(21(16)2)25-11-15(22)14-8-7-12-5-4-6-13(12)9-14/h7-9H,3-6,10-11H2,1-2H3. The molecule has 0 saturated heterocycles. The van der Waals surface area contributed by atoms with E-state index in [2.05, 4.69) is 16.3 Å². The van der Waals surface area contributed by atoms with Gasteiger partial charge in [-0.2, -0.15) is 0 Å². The number of fused-ring (bicyclic) bond motifs is 1. The predicted octanol–water partition coefficient (Wildman–Crippen LogP) is 2.38. The van der Waals surface area contributed by atoms with E-state index in [-0.39, 0.29) is 18.2 Å². The van der Waals surface area contributed by atoms with Crippen molar-refractivity contribution in [2.24, 2.45) is 7.05 Å². The molecule has 1 aliphatic rings. The fourth-order valence-electron chi connectivity index (χ4n) is 2.92. The second-order valence-electron chi connectivity index (χ2n) is 5.99. The zero-order valence-corrected chi connectivity index (χ0v) is 15.3. The maximum atomic E-state index is 12.4. The Hall–Kier alpha value is -2.15. The molecule has 6 nitrogen and oxygen atoms in total. The van der Waals surface area contributed by atoms with E-state index in [1.54, 1.807) is 18.5 Å². The molecule has 1 aromatic heterocycles. The first-order chi connectivity index (χ1) is 12.1. The number of benzene rings is 1. The van der Waals surface area contributed by atoms with Crippen LogP contribution in [0.2, 0.25) is 0 Å². The molecule has 132 valence electrons. The molecule has 0 aliphatic heterocycles. The van der Waals surface area contributed by atoms with Crippen molar-refractivity contribution in [3.63, 3.8) is 0 Å². The van der Waals surface area contributed by atoms with Gasteiger partial charge in [-0.1, -0.05) is 23.9 Å². The summed E-state index contributed by atoms with van der Waals surface area (Å²) in [6.45, 7) is 2.11. The van der Waals surface area contributed by atoms with E-state index in [9.17, 15) is 9.59 Å². The minimum atomic E-state index is -0.330. The molecule has 0 unspecified atom stereocenters. The minimum Gasteiger partial charge on any atom is -0.466 e. The van der Waals surface area contributed by atoms with E-state index in [4.69, 9.17) is 4.74 Å². The Labute approximate surface area is 151 Å². The molecule has 25 heavy (non-hydrogen) atoms. The highest BCUT2D eigenvalue weighted by Gasteiger charge is 2.17. The summed E-state index contributed by atoms with van der Waals surface area (Å²) >= 11 is 1.33. The monoisotopic (exact) mass is 359 g/mol. The SMILES string of the molecule is CCOC(=O)Cc1nnc(SCC(=O)c2ccc3c(c2)CCC3)n1C. The summed E-state index contributed by atoms with van der Waals surface area (Å²) in [6, 6.07) is 6.00.